The zero-order valence-corrected chi connectivity index (χ0v) is 10.4. The number of carboxylic acid groups (broad SMARTS) is 1. The van der Waals surface area contributed by atoms with Gasteiger partial charge in [-0.3, -0.25) is 5.32 Å². The van der Waals surface area contributed by atoms with E-state index >= 15 is 0 Å². The molecule has 1 amide bonds. The Kier molecular flexibility index (Phi) is 3.98. The molecular formula is C11H19NO5. The number of carboxylic acids is 1. The van der Waals surface area contributed by atoms with Crippen LogP contribution < -0.4 is 5.32 Å². The summed E-state index contributed by atoms with van der Waals surface area (Å²) >= 11 is 0. The lowest BCUT2D eigenvalue weighted by Crippen LogP contribution is -2.58. The van der Waals surface area contributed by atoms with E-state index < -0.39 is 23.4 Å². The molecule has 6 nitrogen and oxygen atoms in total. The first kappa shape index (κ1) is 13.8. The average Bonchev–Trinajstić information content (AvgIpc) is 2.15. The molecule has 6 heteroatoms. The summed E-state index contributed by atoms with van der Waals surface area (Å²) in [4.78, 5) is 22.7. The number of carbonyl (C=O) groups excluding carboxylic acids is 1. The molecule has 0 aromatic carbocycles. The highest BCUT2D eigenvalue weighted by Gasteiger charge is 2.43. The molecule has 1 unspecified atom stereocenters. The van der Waals surface area contributed by atoms with Gasteiger partial charge in [-0.05, 0) is 33.6 Å². The minimum absolute atomic E-state index is 0.252. The highest BCUT2D eigenvalue weighted by molar-refractivity contribution is 5.83. The predicted molar refractivity (Wildman–Crippen MR) is 59.5 cm³/mol. The van der Waals surface area contributed by atoms with Gasteiger partial charge in [0.25, 0.3) is 0 Å². The number of nitrogens with one attached hydrogen (secondary N) is 1. The molecule has 1 heterocycles. The Morgan fingerprint density at radius 2 is 2.00 bits per heavy atom. The Hall–Kier alpha value is -1.30. The number of ether oxygens (including phenoxy) is 2. The van der Waals surface area contributed by atoms with Gasteiger partial charge in [-0.25, -0.2) is 9.59 Å². The van der Waals surface area contributed by atoms with Crippen molar-refractivity contribution in [3.63, 3.8) is 0 Å². The third kappa shape index (κ3) is 3.89. The van der Waals surface area contributed by atoms with Crippen LogP contribution in [0.15, 0.2) is 0 Å². The van der Waals surface area contributed by atoms with Crippen LogP contribution in [0.5, 0.6) is 0 Å². The number of carbonyl (C=O) groups is 2. The van der Waals surface area contributed by atoms with Crippen LogP contribution in [0.3, 0.4) is 0 Å². The molecule has 0 aromatic rings. The van der Waals surface area contributed by atoms with E-state index in [-0.39, 0.29) is 6.42 Å². The van der Waals surface area contributed by atoms with Gasteiger partial charge in [0.1, 0.15) is 5.60 Å². The predicted octanol–water partition coefficient (Wildman–Crippen LogP) is 1.49. The molecule has 0 radical (unpaired) electrons. The molecule has 1 atom stereocenters. The SMILES string of the molecule is CC(C)(C)OC(=O)NC1(C(=O)O)CCCCO1. The smallest absolute Gasteiger partial charge is 0.410 e. The van der Waals surface area contributed by atoms with Gasteiger partial charge in [0.05, 0.1) is 6.61 Å². The standard InChI is InChI=1S/C11H19NO5/c1-10(2,3)17-9(15)12-11(8(13)14)6-4-5-7-16-11/h4-7H2,1-3H3,(H,12,15)(H,13,14). The molecule has 98 valence electrons. The average molecular weight is 245 g/mol. The van der Waals surface area contributed by atoms with Crippen LogP contribution in [-0.4, -0.2) is 35.1 Å². The first-order valence-corrected chi connectivity index (χ1v) is 5.64. The fourth-order valence-electron chi connectivity index (χ4n) is 1.58. The van der Waals surface area contributed by atoms with E-state index in [4.69, 9.17) is 14.6 Å². The molecule has 0 spiro atoms. The summed E-state index contributed by atoms with van der Waals surface area (Å²) in [5.41, 5.74) is -2.31. The van der Waals surface area contributed by atoms with Gasteiger partial charge in [0.2, 0.25) is 5.72 Å². The Morgan fingerprint density at radius 3 is 2.41 bits per heavy atom. The van der Waals surface area contributed by atoms with Crippen LogP contribution in [0.4, 0.5) is 4.79 Å². The van der Waals surface area contributed by atoms with Crippen molar-refractivity contribution in [2.24, 2.45) is 0 Å². The van der Waals surface area contributed by atoms with Gasteiger partial charge in [-0.15, -0.1) is 0 Å². The molecule has 0 saturated carbocycles. The maximum absolute atomic E-state index is 11.6. The maximum atomic E-state index is 11.6. The third-order valence-corrected chi connectivity index (χ3v) is 2.32. The molecule has 1 fully saturated rings. The zero-order valence-electron chi connectivity index (χ0n) is 10.4. The Labute approximate surface area is 100 Å². The number of hydrogen-bond acceptors (Lipinski definition) is 4. The van der Waals surface area contributed by atoms with Crippen molar-refractivity contribution in [3.8, 4) is 0 Å². The Bertz CT molecular complexity index is 301. The molecule has 0 bridgehead atoms. The lowest BCUT2D eigenvalue weighted by molar-refractivity contribution is -0.177. The van der Waals surface area contributed by atoms with Crippen molar-refractivity contribution in [2.75, 3.05) is 6.61 Å². The molecule has 0 aromatic heterocycles. The van der Waals surface area contributed by atoms with Gasteiger partial charge in [-0.2, -0.15) is 0 Å². The van der Waals surface area contributed by atoms with Crippen molar-refractivity contribution in [1.29, 1.82) is 0 Å². The fourth-order valence-corrected chi connectivity index (χ4v) is 1.58. The first-order chi connectivity index (χ1) is 7.75. The molecule has 2 N–H and O–H groups in total. The lowest BCUT2D eigenvalue weighted by atomic mass is 10.0. The molecular weight excluding hydrogens is 226 g/mol. The molecule has 1 rings (SSSR count). The van der Waals surface area contributed by atoms with Crippen molar-refractivity contribution in [2.45, 2.75) is 51.4 Å². The van der Waals surface area contributed by atoms with Crippen molar-refractivity contribution in [3.05, 3.63) is 0 Å². The van der Waals surface area contributed by atoms with Crippen LogP contribution in [0, 0.1) is 0 Å². The normalized spacial score (nSPS) is 25.1. The van der Waals surface area contributed by atoms with Gasteiger partial charge in [0, 0.05) is 6.42 Å². The Balaban J connectivity index is 2.67. The van der Waals surface area contributed by atoms with Crippen LogP contribution in [-0.2, 0) is 14.3 Å². The summed E-state index contributed by atoms with van der Waals surface area (Å²) in [6.45, 7) is 5.45. The number of hydrogen-bond donors (Lipinski definition) is 2. The monoisotopic (exact) mass is 245 g/mol. The first-order valence-electron chi connectivity index (χ1n) is 5.64. The number of amides is 1. The van der Waals surface area contributed by atoms with E-state index in [0.29, 0.717) is 13.0 Å². The van der Waals surface area contributed by atoms with E-state index in [9.17, 15) is 9.59 Å². The molecule has 17 heavy (non-hydrogen) atoms. The highest BCUT2D eigenvalue weighted by atomic mass is 16.6. The number of alkyl carbamates (subject to hydrolysis) is 1. The second-order valence-corrected chi connectivity index (χ2v) is 5.06. The maximum Gasteiger partial charge on any atom is 0.410 e. The van der Waals surface area contributed by atoms with Crippen molar-refractivity contribution < 1.29 is 24.2 Å². The topological polar surface area (TPSA) is 84.9 Å². The summed E-state index contributed by atoms with van der Waals surface area (Å²) in [5, 5.41) is 11.4. The number of aliphatic carboxylic acids is 1. The molecule has 0 aliphatic carbocycles. The van der Waals surface area contributed by atoms with Gasteiger partial charge in [0.15, 0.2) is 0 Å². The second-order valence-electron chi connectivity index (χ2n) is 5.06. The van der Waals surface area contributed by atoms with Gasteiger partial charge >= 0.3 is 12.1 Å². The number of rotatable bonds is 2. The molecule has 1 aliphatic rings. The van der Waals surface area contributed by atoms with Gasteiger partial charge in [-0.1, -0.05) is 0 Å². The molecule has 1 saturated heterocycles. The van der Waals surface area contributed by atoms with Crippen LogP contribution in [0.1, 0.15) is 40.0 Å². The van der Waals surface area contributed by atoms with Crippen LogP contribution in [0.25, 0.3) is 0 Å². The summed E-state index contributed by atoms with van der Waals surface area (Å²) in [6, 6.07) is 0. The van der Waals surface area contributed by atoms with E-state index in [1.54, 1.807) is 20.8 Å². The zero-order chi connectivity index (χ0) is 13.1. The van der Waals surface area contributed by atoms with Crippen LogP contribution in [0.2, 0.25) is 0 Å². The van der Waals surface area contributed by atoms with Gasteiger partial charge < -0.3 is 14.6 Å². The van der Waals surface area contributed by atoms with E-state index in [2.05, 4.69) is 5.32 Å². The fraction of sp³-hybridized carbons (Fsp3) is 0.818. The van der Waals surface area contributed by atoms with E-state index in [1.165, 1.54) is 0 Å². The Morgan fingerprint density at radius 1 is 1.35 bits per heavy atom. The lowest BCUT2D eigenvalue weighted by Gasteiger charge is -2.34. The van der Waals surface area contributed by atoms with Crippen LogP contribution >= 0.6 is 0 Å². The summed E-state index contributed by atoms with van der Waals surface area (Å²) in [5.74, 6) is -1.19. The summed E-state index contributed by atoms with van der Waals surface area (Å²) in [6.07, 6.45) is 0.969. The van der Waals surface area contributed by atoms with E-state index in [1.807, 2.05) is 0 Å². The minimum atomic E-state index is -1.64. The summed E-state index contributed by atoms with van der Waals surface area (Å²) in [7, 11) is 0. The largest absolute Gasteiger partial charge is 0.478 e. The molecule has 1 aliphatic heterocycles. The van der Waals surface area contributed by atoms with E-state index in [0.717, 1.165) is 6.42 Å². The third-order valence-electron chi connectivity index (χ3n) is 2.32. The quantitative estimate of drug-likeness (QED) is 0.770. The minimum Gasteiger partial charge on any atom is -0.478 e. The van der Waals surface area contributed by atoms with Crippen molar-refractivity contribution >= 4 is 12.1 Å². The second kappa shape index (κ2) is 4.91. The summed E-state index contributed by atoms with van der Waals surface area (Å²) < 4.78 is 10.2. The van der Waals surface area contributed by atoms with Crippen molar-refractivity contribution in [1.82, 2.24) is 5.32 Å². The highest BCUT2D eigenvalue weighted by Crippen LogP contribution is 2.23.